The van der Waals surface area contributed by atoms with Gasteiger partial charge in [-0.1, -0.05) is 18.3 Å². The summed E-state index contributed by atoms with van der Waals surface area (Å²) in [4.78, 5) is 38.5. The van der Waals surface area contributed by atoms with Crippen LogP contribution in [-0.4, -0.2) is 35.5 Å². The fourth-order valence-electron chi connectivity index (χ4n) is 2.10. The molecule has 1 heterocycles. The zero-order valence-electron chi connectivity index (χ0n) is 14.4. The van der Waals surface area contributed by atoms with Gasteiger partial charge in [0.25, 0.3) is 11.6 Å². The topological polar surface area (TPSA) is 121 Å². The van der Waals surface area contributed by atoms with Crippen LogP contribution in [0.25, 0.3) is 0 Å². The highest BCUT2D eigenvalue weighted by molar-refractivity contribution is 7.17. The number of aromatic nitrogens is 1. The van der Waals surface area contributed by atoms with Crippen LogP contribution in [0.5, 0.6) is 5.75 Å². The number of aryl methyl sites for hydroxylation is 2. The average molecular weight is 379 g/mol. The van der Waals surface area contributed by atoms with E-state index in [1.165, 1.54) is 25.3 Å². The Bertz CT molecular complexity index is 849. The maximum absolute atomic E-state index is 12.0. The van der Waals surface area contributed by atoms with Gasteiger partial charge in [0.05, 0.1) is 17.7 Å². The molecule has 0 aliphatic heterocycles. The number of rotatable bonds is 7. The Kier molecular flexibility index (Phi) is 6.23. The smallest absolute Gasteiger partial charge is 0.350 e. The van der Waals surface area contributed by atoms with Crippen LogP contribution in [0, 0.1) is 17.0 Å². The number of non-ortho nitro benzene ring substituents is 1. The molecule has 0 saturated carbocycles. The molecular formula is C16H17N3O6S. The lowest BCUT2D eigenvalue weighted by Crippen LogP contribution is -2.20. The van der Waals surface area contributed by atoms with Gasteiger partial charge in [-0.15, -0.1) is 0 Å². The molecule has 2 rings (SSSR count). The van der Waals surface area contributed by atoms with Gasteiger partial charge >= 0.3 is 5.97 Å². The van der Waals surface area contributed by atoms with Crippen molar-refractivity contribution in [1.82, 2.24) is 4.98 Å². The van der Waals surface area contributed by atoms with E-state index in [1.807, 2.05) is 6.92 Å². The quantitative estimate of drug-likeness (QED) is 0.446. The Morgan fingerprint density at radius 3 is 2.69 bits per heavy atom. The second-order valence-electron chi connectivity index (χ2n) is 5.18. The molecule has 1 aromatic heterocycles. The first-order chi connectivity index (χ1) is 12.3. The van der Waals surface area contributed by atoms with Crippen molar-refractivity contribution < 1.29 is 24.0 Å². The molecule has 0 fully saturated rings. The van der Waals surface area contributed by atoms with E-state index in [0.717, 1.165) is 11.3 Å². The van der Waals surface area contributed by atoms with Gasteiger partial charge in [0.1, 0.15) is 10.6 Å². The van der Waals surface area contributed by atoms with Crippen LogP contribution in [0.3, 0.4) is 0 Å². The highest BCUT2D eigenvalue weighted by atomic mass is 32.1. The molecule has 1 N–H and O–H groups in total. The Morgan fingerprint density at radius 2 is 2.12 bits per heavy atom. The molecule has 2 aromatic rings. The molecule has 0 bridgehead atoms. The van der Waals surface area contributed by atoms with Crippen LogP contribution >= 0.6 is 11.3 Å². The molecule has 0 aliphatic rings. The van der Waals surface area contributed by atoms with Crippen LogP contribution in [0.15, 0.2) is 18.2 Å². The maximum Gasteiger partial charge on any atom is 0.350 e. The normalized spacial score (nSPS) is 10.3. The van der Waals surface area contributed by atoms with Crippen molar-refractivity contribution in [1.29, 1.82) is 0 Å². The average Bonchev–Trinajstić information content (AvgIpc) is 3.02. The van der Waals surface area contributed by atoms with Crippen LogP contribution in [0.2, 0.25) is 0 Å². The highest BCUT2D eigenvalue weighted by Gasteiger charge is 2.19. The van der Waals surface area contributed by atoms with E-state index < -0.39 is 16.8 Å². The van der Waals surface area contributed by atoms with Crippen molar-refractivity contribution in [3.63, 3.8) is 0 Å². The number of nitro benzene ring substituents is 1. The molecule has 0 aliphatic carbocycles. The molecule has 0 atom stereocenters. The summed E-state index contributed by atoms with van der Waals surface area (Å²) in [6.07, 6.45) is 0.523. The second-order valence-corrected chi connectivity index (χ2v) is 6.18. The summed E-state index contributed by atoms with van der Waals surface area (Å²) in [6.45, 7) is 3.19. The van der Waals surface area contributed by atoms with E-state index in [2.05, 4.69) is 15.0 Å². The van der Waals surface area contributed by atoms with E-state index in [1.54, 1.807) is 6.92 Å². The third-order valence-electron chi connectivity index (χ3n) is 3.38. The number of esters is 1. The second kappa shape index (κ2) is 8.39. The third kappa shape index (κ3) is 4.54. The standard InChI is InChI=1S/C16H17N3O6S/c1-4-11-14(15(21)24-3)26-16(17-11)18-13(20)8-25-12-6-5-10(19(22)23)7-9(12)2/h5-7H,4,8H2,1-3H3,(H,17,18,20). The first-order valence-electron chi connectivity index (χ1n) is 7.61. The number of anilines is 1. The zero-order chi connectivity index (χ0) is 19.3. The minimum atomic E-state index is -0.504. The van der Waals surface area contributed by atoms with E-state index >= 15 is 0 Å². The molecule has 138 valence electrons. The van der Waals surface area contributed by atoms with Gasteiger partial charge in [-0.3, -0.25) is 20.2 Å². The lowest BCUT2D eigenvalue weighted by atomic mass is 10.2. The van der Waals surface area contributed by atoms with Crippen LogP contribution in [0.4, 0.5) is 10.8 Å². The van der Waals surface area contributed by atoms with E-state index in [4.69, 9.17) is 4.74 Å². The number of methoxy groups -OCH3 is 1. The van der Waals surface area contributed by atoms with Crippen molar-refractivity contribution in [2.45, 2.75) is 20.3 Å². The van der Waals surface area contributed by atoms with Crippen molar-refractivity contribution in [2.24, 2.45) is 0 Å². The summed E-state index contributed by atoms with van der Waals surface area (Å²) in [6, 6.07) is 4.11. The van der Waals surface area contributed by atoms with Crippen molar-refractivity contribution in [3.8, 4) is 5.75 Å². The fourth-order valence-corrected chi connectivity index (χ4v) is 3.09. The Hall–Kier alpha value is -3.01. The van der Waals surface area contributed by atoms with Crippen molar-refractivity contribution in [2.75, 3.05) is 19.0 Å². The van der Waals surface area contributed by atoms with E-state index in [-0.39, 0.29) is 17.4 Å². The molecule has 0 radical (unpaired) electrons. The molecule has 9 nitrogen and oxygen atoms in total. The number of nitrogens with one attached hydrogen (secondary N) is 1. The summed E-state index contributed by atoms with van der Waals surface area (Å²) in [7, 11) is 1.28. The number of nitro groups is 1. The van der Waals surface area contributed by atoms with Gasteiger partial charge in [-0.25, -0.2) is 9.78 Å². The summed E-state index contributed by atoms with van der Waals surface area (Å²) in [5.74, 6) is -0.595. The summed E-state index contributed by atoms with van der Waals surface area (Å²) < 4.78 is 10.1. The van der Waals surface area contributed by atoms with Crippen molar-refractivity contribution in [3.05, 3.63) is 44.4 Å². The van der Waals surface area contributed by atoms with E-state index in [0.29, 0.717) is 28.3 Å². The van der Waals surface area contributed by atoms with Gasteiger partial charge in [0, 0.05) is 12.1 Å². The summed E-state index contributed by atoms with van der Waals surface area (Å²) >= 11 is 1.03. The van der Waals surface area contributed by atoms with Gasteiger partial charge in [-0.2, -0.15) is 0 Å². The number of amides is 1. The Labute approximate surface area is 153 Å². The first-order valence-corrected chi connectivity index (χ1v) is 8.43. The Morgan fingerprint density at radius 1 is 1.38 bits per heavy atom. The summed E-state index contributed by atoms with van der Waals surface area (Å²) in [5.41, 5.74) is 1.04. The zero-order valence-corrected chi connectivity index (χ0v) is 15.2. The molecular weight excluding hydrogens is 362 g/mol. The van der Waals surface area contributed by atoms with Gasteiger partial charge in [-0.05, 0) is 25.0 Å². The molecule has 0 saturated heterocycles. The number of hydrogen-bond donors (Lipinski definition) is 1. The minimum absolute atomic E-state index is 0.0514. The van der Waals surface area contributed by atoms with Crippen molar-refractivity contribution >= 4 is 34.0 Å². The minimum Gasteiger partial charge on any atom is -0.483 e. The summed E-state index contributed by atoms with van der Waals surface area (Å²) in [5, 5.41) is 13.6. The number of nitrogens with zero attached hydrogens (tertiary/aromatic N) is 2. The number of hydrogen-bond acceptors (Lipinski definition) is 8. The largest absolute Gasteiger partial charge is 0.483 e. The number of carbonyl (C=O) groups excluding carboxylic acids is 2. The SMILES string of the molecule is CCc1nc(NC(=O)COc2ccc([N+](=O)[O-])cc2C)sc1C(=O)OC. The number of benzene rings is 1. The third-order valence-corrected chi connectivity index (χ3v) is 4.37. The fraction of sp³-hybridized carbons (Fsp3) is 0.312. The van der Waals surface area contributed by atoms with Gasteiger partial charge in [0.15, 0.2) is 11.7 Å². The lowest BCUT2D eigenvalue weighted by Gasteiger charge is -2.08. The van der Waals surface area contributed by atoms with Gasteiger partial charge in [0.2, 0.25) is 0 Å². The molecule has 0 spiro atoms. The van der Waals surface area contributed by atoms with Crippen LogP contribution in [-0.2, 0) is 16.0 Å². The predicted octanol–water partition coefficient (Wildman–Crippen LogP) is 2.73. The van der Waals surface area contributed by atoms with Gasteiger partial charge < -0.3 is 9.47 Å². The predicted molar refractivity (Wildman–Crippen MR) is 94.8 cm³/mol. The molecule has 0 unspecified atom stereocenters. The monoisotopic (exact) mass is 379 g/mol. The highest BCUT2D eigenvalue weighted by Crippen LogP contribution is 2.25. The number of ether oxygens (including phenoxy) is 2. The van der Waals surface area contributed by atoms with Crippen LogP contribution in [0.1, 0.15) is 27.9 Å². The molecule has 10 heteroatoms. The number of thiazole rings is 1. The maximum atomic E-state index is 12.0. The van der Waals surface area contributed by atoms with Crippen LogP contribution < -0.4 is 10.1 Å². The first kappa shape index (κ1) is 19.3. The Balaban J connectivity index is 2.00. The number of carbonyl (C=O) groups is 2. The lowest BCUT2D eigenvalue weighted by molar-refractivity contribution is -0.384. The molecule has 1 amide bonds. The van der Waals surface area contributed by atoms with E-state index in [9.17, 15) is 19.7 Å². The molecule has 26 heavy (non-hydrogen) atoms. The molecule has 1 aromatic carbocycles.